The maximum atomic E-state index is 11.7. The van der Waals surface area contributed by atoms with Crippen LogP contribution >= 0.6 is 23.2 Å². The van der Waals surface area contributed by atoms with E-state index in [1.165, 1.54) is 12.1 Å². The molecule has 5 nitrogen and oxygen atoms in total. The highest BCUT2D eigenvalue weighted by molar-refractivity contribution is 6.43. The van der Waals surface area contributed by atoms with Gasteiger partial charge in [-0.3, -0.25) is 4.79 Å². The van der Waals surface area contributed by atoms with Crippen molar-refractivity contribution in [3.63, 3.8) is 0 Å². The Morgan fingerprint density at radius 1 is 1.39 bits per heavy atom. The van der Waals surface area contributed by atoms with Gasteiger partial charge < -0.3 is 20.9 Å². The number of nitrogen functional groups attached to an aromatic ring is 1. The fourth-order valence-electron chi connectivity index (χ4n) is 1.25. The SMILES string of the molecule is Nc1cc(C(=O)NCCOCCO)cc(Cl)c1Cl. The number of nitrogens with two attached hydrogens (primary N) is 1. The topological polar surface area (TPSA) is 84.6 Å². The molecule has 1 rings (SSSR count). The number of halogens is 2. The summed E-state index contributed by atoms with van der Waals surface area (Å²) in [7, 11) is 0. The molecule has 0 aliphatic heterocycles. The quantitative estimate of drug-likeness (QED) is 0.545. The number of hydrogen-bond donors (Lipinski definition) is 3. The molecule has 18 heavy (non-hydrogen) atoms. The Morgan fingerprint density at radius 3 is 2.72 bits per heavy atom. The molecule has 0 atom stereocenters. The van der Waals surface area contributed by atoms with Crippen molar-refractivity contribution in [2.45, 2.75) is 0 Å². The summed E-state index contributed by atoms with van der Waals surface area (Å²) in [6, 6.07) is 2.91. The van der Waals surface area contributed by atoms with Gasteiger partial charge in [-0.1, -0.05) is 23.2 Å². The van der Waals surface area contributed by atoms with Crippen LogP contribution in [0.5, 0.6) is 0 Å². The molecule has 0 radical (unpaired) electrons. The molecule has 1 aromatic carbocycles. The molecule has 0 aromatic heterocycles. The van der Waals surface area contributed by atoms with Crippen molar-refractivity contribution in [2.75, 3.05) is 32.1 Å². The van der Waals surface area contributed by atoms with Crippen LogP contribution in [0.2, 0.25) is 10.0 Å². The van der Waals surface area contributed by atoms with Crippen LogP contribution in [0.1, 0.15) is 10.4 Å². The van der Waals surface area contributed by atoms with Gasteiger partial charge in [0, 0.05) is 12.1 Å². The number of anilines is 1. The molecule has 0 bridgehead atoms. The molecule has 1 amide bonds. The lowest BCUT2D eigenvalue weighted by molar-refractivity contribution is 0.0838. The monoisotopic (exact) mass is 292 g/mol. The van der Waals surface area contributed by atoms with Gasteiger partial charge in [-0.25, -0.2) is 0 Å². The fourth-order valence-corrected chi connectivity index (χ4v) is 1.58. The van der Waals surface area contributed by atoms with Gasteiger partial charge in [-0.2, -0.15) is 0 Å². The summed E-state index contributed by atoms with van der Waals surface area (Å²) >= 11 is 11.6. The zero-order valence-corrected chi connectivity index (χ0v) is 11.1. The Morgan fingerprint density at radius 2 is 2.11 bits per heavy atom. The van der Waals surface area contributed by atoms with Crippen LogP contribution in [-0.4, -0.2) is 37.4 Å². The molecule has 4 N–H and O–H groups in total. The van der Waals surface area contributed by atoms with Crippen LogP contribution in [0, 0.1) is 0 Å². The normalized spacial score (nSPS) is 10.4. The van der Waals surface area contributed by atoms with Gasteiger partial charge in [-0.15, -0.1) is 0 Å². The summed E-state index contributed by atoms with van der Waals surface area (Å²) < 4.78 is 5.00. The standard InChI is InChI=1S/C11H14Cl2N2O3/c12-8-5-7(6-9(14)10(8)13)11(17)15-1-3-18-4-2-16/h5-6,16H,1-4,14H2,(H,15,17). The van der Waals surface area contributed by atoms with Crippen LogP contribution in [-0.2, 0) is 4.74 Å². The van der Waals surface area contributed by atoms with Crippen LogP contribution < -0.4 is 11.1 Å². The average molecular weight is 293 g/mol. The number of ether oxygens (including phenoxy) is 1. The lowest BCUT2D eigenvalue weighted by Crippen LogP contribution is -2.27. The van der Waals surface area contributed by atoms with Gasteiger partial charge in [0.25, 0.3) is 5.91 Å². The molecule has 0 saturated carbocycles. The third-order valence-electron chi connectivity index (χ3n) is 2.09. The molecule has 100 valence electrons. The predicted molar refractivity (Wildman–Crippen MR) is 71.1 cm³/mol. The molecular weight excluding hydrogens is 279 g/mol. The van der Waals surface area contributed by atoms with Crippen molar-refractivity contribution >= 4 is 34.8 Å². The summed E-state index contributed by atoms with van der Waals surface area (Å²) in [5.41, 5.74) is 6.20. The Balaban J connectivity index is 2.52. The van der Waals surface area contributed by atoms with E-state index >= 15 is 0 Å². The molecule has 0 spiro atoms. The van der Waals surface area contributed by atoms with E-state index in [1.807, 2.05) is 0 Å². The van der Waals surface area contributed by atoms with E-state index < -0.39 is 0 Å². The van der Waals surface area contributed by atoms with Gasteiger partial charge >= 0.3 is 0 Å². The van der Waals surface area contributed by atoms with Crippen LogP contribution in [0.3, 0.4) is 0 Å². The van der Waals surface area contributed by atoms with Gasteiger partial charge in [0.1, 0.15) is 0 Å². The number of carbonyl (C=O) groups excluding carboxylic acids is 1. The molecule has 7 heteroatoms. The maximum absolute atomic E-state index is 11.7. The Kier molecular flexibility index (Phi) is 6.21. The van der Waals surface area contributed by atoms with Gasteiger partial charge in [0.05, 0.1) is 35.6 Å². The number of aliphatic hydroxyl groups excluding tert-OH is 1. The number of benzene rings is 1. The first kappa shape index (κ1) is 15.0. The highest BCUT2D eigenvalue weighted by Gasteiger charge is 2.10. The first-order valence-electron chi connectivity index (χ1n) is 5.27. The van der Waals surface area contributed by atoms with Gasteiger partial charge in [0.2, 0.25) is 0 Å². The molecule has 0 aliphatic rings. The summed E-state index contributed by atoms with van der Waals surface area (Å²) in [6.07, 6.45) is 0. The minimum Gasteiger partial charge on any atom is -0.397 e. The van der Waals surface area contributed by atoms with Gasteiger partial charge in [0.15, 0.2) is 0 Å². The smallest absolute Gasteiger partial charge is 0.251 e. The van der Waals surface area contributed by atoms with E-state index in [0.717, 1.165) is 0 Å². The van der Waals surface area contributed by atoms with E-state index in [-0.39, 0.29) is 34.9 Å². The van der Waals surface area contributed by atoms with Crippen LogP contribution in [0.4, 0.5) is 5.69 Å². The summed E-state index contributed by atoms with van der Waals surface area (Å²) in [5.74, 6) is -0.312. The number of nitrogens with one attached hydrogen (secondary N) is 1. The molecular formula is C11H14Cl2N2O3. The van der Waals surface area contributed by atoms with E-state index in [4.69, 9.17) is 38.8 Å². The number of rotatable bonds is 6. The second kappa shape index (κ2) is 7.43. The third kappa shape index (κ3) is 4.34. The Bertz CT molecular complexity index is 404. The zero-order valence-electron chi connectivity index (χ0n) is 9.58. The summed E-state index contributed by atoms with van der Waals surface area (Å²) in [5, 5.41) is 11.6. The third-order valence-corrected chi connectivity index (χ3v) is 2.90. The lowest BCUT2D eigenvalue weighted by atomic mass is 10.2. The molecule has 0 aliphatic carbocycles. The van der Waals surface area contributed by atoms with Crippen molar-refractivity contribution in [1.29, 1.82) is 0 Å². The molecule has 0 saturated heterocycles. The predicted octanol–water partition coefficient (Wildman–Crippen LogP) is 1.31. The van der Waals surface area contributed by atoms with E-state index in [9.17, 15) is 4.79 Å². The molecule has 1 aromatic rings. The lowest BCUT2D eigenvalue weighted by Gasteiger charge is -2.08. The van der Waals surface area contributed by atoms with Crippen molar-refractivity contribution in [3.05, 3.63) is 27.7 Å². The average Bonchev–Trinajstić information content (AvgIpc) is 2.34. The number of hydrogen-bond acceptors (Lipinski definition) is 4. The minimum atomic E-state index is -0.312. The summed E-state index contributed by atoms with van der Waals surface area (Å²) in [6.45, 7) is 0.856. The van der Waals surface area contributed by atoms with Crippen LogP contribution in [0.15, 0.2) is 12.1 Å². The first-order chi connectivity index (χ1) is 8.56. The number of amides is 1. The molecule has 0 fully saturated rings. The Hall–Kier alpha value is -1.01. The van der Waals surface area contributed by atoms with E-state index in [0.29, 0.717) is 18.7 Å². The van der Waals surface area contributed by atoms with E-state index in [2.05, 4.69) is 5.32 Å². The second-order valence-electron chi connectivity index (χ2n) is 3.45. The van der Waals surface area contributed by atoms with E-state index in [1.54, 1.807) is 0 Å². The van der Waals surface area contributed by atoms with Gasteiger partial charge in [-0.05, 0) is 12.1 Å². The fraction of sp³-hybridized carbons (Fsp3) is 0.364. The highest BCUT2D eigenvalue weighted by Crippen LogP contribution is 2.29. The molecule has 0 heterocycles. The largest absolute Gasteiger partial charge is 0.397 e. The van der Waals surface area contributed by atoms with Crippen LogP contribution in [0.25, 0.3) is 0 Å². The van der Waals surface area contributed by atoms with Crippen molar-refractivity contribution in [2.24, 2.45) is 0 Å². The minimum absolute atomic E-state index is 0.0444. The first-order valence-corrected chi connectivity index (χ1v) is 6.03. The molecule has 0 unspecified atom stereocenters. The maximum Gasteiger partial charge on any atom is 0.251 e. The van der Waals surface area contributed by atoms with Crippen molar-refractivity contribution < 1.29 is 14.6 Å². The second-order valence-corrected chi connectivity index (χ2v) is 4.24. The van der Waals surface area contributed by atoms with Crippen molar-refractivity contribution in [3.8, 4) is 0 Å². The summed E-state index contributed by atoms with van der Waals surface area (Å²) in [4.78, 5) is 11.7. The highest BCUT2D eigenvalue weighted by atomic mass is 35.5. The number of carbonyl (C=O) groups is 1. The zero-order chi connectivity index (χ0) is 13.5. The Labute approximate surface area is 115 Å². The number of aliphatic hydroxyl groups is 1. The van der Waals surface area contributed by atoms with Crippen molar-refractivity contribution in [1.82, 2.24) is 5.32 Å².